The van der Waals surface area contributed by atoms with Crippen molar-refractivity contribution in [2.24, 2.45) is 11.7 Å². The van der Waals surface area contributed by atoms with Gasteiger partial charge in [-0.25, -0.2) is 8.42 Å². The van der Waals surface area contributed by atoms with Crippen LogP contribution in [0.4, 0.5) is 5.69 Å². The van der Waals surface area contributed by atoms with Gasteiger partial charge in [0.25, 0.3) is 15.7 Å². The van der Waals surface area contributed by atoms with E-state index in [1.807, 2.05) is 0 Å². The highest BCUT2D eigenvalue weighted by molar-refractivity contribution is 7.91. The molecular weight excluding hydrogens is 338 g/mol. The topological polar surface area (TPSA) is 107 Å². The van der Waals surface area contributed by atoms with Crippen molar-refractivity contribution in [3.63, 3.8) is 0 Å². The van der Waals surface area contributed by atoms with Crippen molar-refractivity contribution < 1.29 is 13.3 Å². The highest BCUT2D eigenvalue weighted by atomic mass is 35.5. The first-order valence-electron chi connectivity index (χ1n) is 6.50. The molecule has 2 rings (SSSR count). The fourth-order valence-electron chi connectivity index (χ4n) is 2.43. The molecule has 0 aliphatic carbocycles. The quantitative estimate of drug-likeness (QED) is 0.644. The first-order valence-corrected chi connectivity index (χ1v) is 9.13. The van der Waals surface area contributed by atoms with Gasteiger partial charge in [0.05, 0.1) is 4.92 Å². The van der Waals surface area contributed by atoms with Crippen LogP contribution in [0.2, 0.25) is 4.34 Å². The molecule has 1 unspecified atom stereocenters. The van der Waals surface area contributed by atoms with Crippen LogP contribution in [0.25, 0.3) is 0 Å². The molecule has 2 heterocycles. The Morgan fingerprint density at radius 2 is 2.29 bits per heavy atom. The summed E-state index contributed by atoms with van der Waals surface area (Å²) in [6.45, 7) is 1.35. The molecule has 2 N–H and O–H groups in total. The molecule has 118 valence electrons. The minimum atomic E-state index is -3.73. The molecule has 0 aromatic carbocycles. The number of nitrogens with zero attached hydrogens (tertiary/aromatic N) is 2. The van der Waals surface area contributed by atoms with Crippen LogP contribution in [-0.2, 0) is 10.0 Å². The summed E-state index contributed by atoms with van der Waals surface area (Å²) in [7, 11) is -3.73. The number of hydrogen-bond acceptors (Lipinski definition) is 6. The Balaban J connectivity index is 2.25. The van der Waals surface area contributed by atoms with Crippen LogP contribution in [0.15, 0.2) is 10.3 Å². The third-order valence-corrected chi connectivity index (χ3v) is 7.15. The molecule has 0 amide bonds. The van der Waals surface area contributed by atoms with Crippen LogP contribution >= 0.6 is 22.9 Å². The van der Waals surface area contributed by atoms with E-state index >= 15 is 0 Å². The first-order chi connectivity index (χ1) is 9.86. The molecule has 0 bridgehead atoms. The number of piperidine rings is 1. The van der Waals surface area contributed by atoms with E-state index in [1.165, 1.54) is 4.31 Å². The van der Waals surface area contributed by atoms with E-state index in [9.17, 15) is 18.5 Å². The zero-order valence-corrected chi connectivity index (χ0v) is 13.6. The lowest BCUT2D eigenvalue weighted by Gasteiger charge is -2.31. The van der Waals surface area contributed by atoms with Crippen molar-refractivity contribution in [3.05, 3.63) is 20.5 Å². The Morgan fingerprint density at radius 1 is 1.57 bits per heavy atom. The molecule has 0 spiro atoms. The Kier molecular flexibility index (Phi) is 5.20. The normalized spacial score (nSPS) is 20.6. The zero-order chi connectivity index (χ0) is 15.6. The Morgan fingerprint density at radius 3 is 2.86 bits per heavy atom. The summed E-state index contributed by atoms with van der Waals surface area (Å²) in [5, 5.41) is 10.8. The largest absolute Gasteiger partial charge is 0.330 e. The smallest absolute Gasteiger partial charge is 0.300 e. The van der Waals surface area contributed by atoms with Crippen molar-refractivity contribution in [2.45, 2.75) is 23.5 Å². The van der Waals surface area contributed by atoms with Crippen molar-refractivity contribution in [3.8, 4) is 0 Å². The molecule has 0 saturated carbocycles. The monoisotopic (exact) mass is 353 g/mol. The van der Waals surface area contributed by atoms with Crippen molar-refractivity contribution in [2.75, 3.05) is 19.6 Å². The van der Waals surface area contributed by atoms with Crippen LogP contribution < -0.4 is 5.73 Å². The molecule has 21 heavy (non-hydrogen) atoms. The van der Waals surface area contributed by atoms with Crippen LogP contribution in [0.5, 0.6) is 0 Å². The lowest BCUT2D eigenvalue weighted by molar-refractivity contribution is -0.384. The number of sulfonamides is 1. The zero-order valence-electron chi connectivity index (χ0n) is 11.2. The SMILES string of the molecule is NCCC1CCCN(S(=O)(=O)c2cc([N+](=O)[O-])c(Cl)s2)C1. The number of nitrogens with two attached hydrogens (primary N) is 1. The third kappa shape index (κ3) is 3.54. The highest BCUT2D eigenvalue weighted by Gasteiger charge is 2.33. The summed E-state index contributed by atoms with van der Waals surface area (Å²) >= 11 is 6.47. The summed E-state index contributed by atoms with van der Waals surface area (Å²) in [6, 6.07) is 1.04. The predicted molar refractivity (Wildman–Crippen MR) is 81.1 cm³/mol. The second-order valence-corrected chi connectivity index (χ2v) is 8.75. The number of thiophene rings is 1. The van der Waals surface area contributed by atoms with Gasteiger partial charge in [-0.15, -0.1) is 11.3 Å². The summed E-state index contributed by atoms with van der Waals surface area (Å²) in [5.74, 6) is 0.240. The fraction of sp³-hybridized carbons (Fsp3) is 0.636. The first kappa shape index (κ1) is 16.6. The Hall–Kier alpha value is -0.740. The summed E-state index contributed by atoms with van der Waals surface area (Å²) < 4.78 is 26.3. The molecule has 0 radical (unpaired) electrons. The van der Waals surface area contributed by atoms with Crippen LogP contribution in [0.1, 0.15) is 19.3 Å². The van der Waals surface area contributed by atoms with Crippen LogP contribution in [-0.4, -0.2) is 37.3 Å². The summed E-state index contributed by atoms with van der Waals surface area (Å²) in [6.07, 6.45) is 2.50. The minimum absolute atomic E-state index is 0.0763. The molecule has 1 saturated heterocycles. The molecule has 7 nitrogen and oxygen atoms in total. The predicted octanol–water partition coefficient (Wildman–Crippen LogP) is 2.06. The van der Waals surface area contributed by atoms with E-state index in [4.69, 9.17) is 17.3 Å². The maximum absolute atomic E-state index is 12.5. The van der Waals surface area contributed by atoms with Crippen molar-refractivity contribution in [1.29, 1.82) is 0 Å². The van der Waals surface area contributed by atoms with Gasteiger partial charge in [0.15, 0.2) is 4.34 Å². The Labute approximate surface area is 131 Å². The van der Waals surface area contributed by atoms with E-state index in [0.29, 0.717) is 19.6 Å². The molecule has 1 atom stereocenters. The van der Waals surface area contributed by atoms with Crippen LogP contribution in [0, 0.1) is 16.0 Å². The van der Waals surface area contributed by atoms with Gasteiger partial charge in [-0.3, -0.25) is 10.1 Å². The van der Waals surface area contributed by atoms with Crippen molar-refractivity contribution >= 4 is 38.6 Å². The maximum atomic E-state index is 12.5. The van der Waals surface area contributed by atoms with E-state index in [2.05, 4.69) is 0 Å². The van der Waals surface area contributed by atoms with Gasteiger partial charge >= 0.3 is 0 Å². The van der Waals surface area contributed by atoms with E-state index < -0.39 is 14.9 Å². The lowest BCUT2D eigenvalue weighted by atomic mass is 9.96. The Bertz CT molecular complexity index is 629. The number of hydrogen-bond donors (Lipinski definition) is 1. The van der Waals surface area contributed by atoms with Gasteiger partial charge in [0, 0.05) is 19.2 Å². The van der Waals surface area contributed by atoms with E-state index in [0.717, 1.165) is 36.7 Å². The van der Waals surface area contributed by atoms with E-state index in [1.54, 1.807) is 0 Å². The van der Waals surface area contributed by atoms with Gasteiger partial charge in [-0.05, 0) is 31.7 Å². The number of halogens is 1. The summed E-state index contributed by atoms with van der Waals surface area (Å²) in [5.41, 5.74) is 5.16. The van der Waals surface area contributed by atoms with Gasteiger partial charge in [0.2, 0.25) is 0 Å². The van der Waals surface area contributed by atoms with Gasteiger partial charge in [0.1, 0.15) is 4.21 Å². The fourth-order valence-corrected chi connectivity index (χ4v) is 5.81. The average molecular weight is 354 g/mol. The third-order valence-electron chi connectivity index (χ3n) is 3.49. The molecular formula is C11H16ClN3O4S2. The van der Waals surface area contributed by atoms with Gasteiger partial charge in [-0.1, -0.05) is 11.6 Å². The molecule has 1 fully saturated rings. The molecule has 1 aromatic heterocycles. The molecule has 1 aliphatic rings. The van der Waals surface area contributed by atoms with Crippen LogP contribution in [0.3, 0.4) is 0 Å². The summed E-state index contributed by atoms with van der Waals surface area (Å²) in [4.78, 5) is 10.1. The van der Waals surface area contributed by atoms with Gasteiger partial charge < -0.3 is 5.73 Å². The highest BCUT2D eigenvalue weighted by Crippen LogP contribution is 2.38. The standard InChI is InChI=1S/C11H16ClN3O4S2/c12-11-9(15(16)17)6-10(20-11)21(18,19)14-5-1-2-8(7-14)3-4-13/h6,8H,1-5,7,13H2. The second-order valence-electron chi connectivity index (χ2n) is 4.93. The molecule has 10 heteroatoms. The lowest BCUT2D eigenvalue weighted by Crippen LogP contribution is -2.40. The number of rotatable bonds is 5. The van der Waals surface area contributed by atoms with E-state index in [-0.39, 0.29) is 20.2 Å². The minimum Gasteiger partial charge on any atom is -0.330 e. The molecule has 1 aliphatic heterocycles. The van der Waals surface area contributed by atoms with Crippen molar-refractivity contribution in [1.82, 2.24) is 4.31 Å². The molecule has 1 aromatic rings. The second kappa shape index (κ2) is 6.57. The van der Waals surface area contributed by atoms with Gasteiger partial charge in [-0.2, -0.15) is 4.31 Å². The number of nitro groups is 1. The average Bonchev–Trinajstić information content (AvgIpc) is 2.82. The maximum Gasteiger partial charge on any atom is 0.300 e.